The minimum atomic E-state index is -0.666. The molecule has 0 aromatic heterocycles. The van der Waals surface area contributed by atoms with E-state index >= 15 is 0 Å². The predicted molar refractivity (Wildman–Crippen MR) is 79.5 cm³/mol. The Kier molecular flexibility index (Phi) is 3.76. The number of rotatable bonds is 1. The van der Waals surface area contributed by atoms with Crippen LogP contribution in [0.25, 0.3) is 0 Å². The van der Waals surface area contributed by atoms with Crippen LogP contribution in [0.3, 0.4) is 0 Å². The number of piperidine rings is 1. The van der Waals surface area contributed by atoms with Crippen molar-refractivity contribution in [2.45, 2.75) is 52.7 Å². The molecule has 1 aromatic carbocycles. The monoisotopic (exact) mass is 262 g/mol. The van der Waals surface area contributed by atoms with E-state index in [-0.39, 0.29) is 0 Å². The molecule has 2 N–H and O–H groups in total. The number of aryl methyl sites for hydroxylation is 3. The molecule has 2 nitrogen and oxygen atoms in total. The van der Waals surface area contributed by atoms with Gasteiger partial charge in [0.15, 0.2) is 0 Å². The van der Waals surface area contributed by atoms with Gasteiger partial charge in [0.25, 0.3) is 0 Å². The van der Waals surface area contributed by atoms with Gasteiger partial charge in [-0.15, -0.1) is 0 Å². The van der Waals surface area contributed by atoms with Gasteiger partial charge >= 0.3 is 0 Å². The molecular formula is C17H28NO+. The van der Waals surface area contributed by atoms with Crippen LogP contribution in [0.2, 0.25) is 0 Å². The van der Waals surface area contributed by atoms with Crippen molar-refractivity contribution >= 4 is 0 Å². The van der Waals surface area contributed by atoms with Crippen LogP contribution in [-0.4, -0.2) is 24.7 Å². The van der Waals surface area contributed by atoms with Gasteiger partial charge in [0, 0.05) is 12.3 Å². The molecule has 19 heavy (non-hydrogen) atoms. The number of likely N-dealkylation sites (tertiary alicyclic amines) is 1. The van der Waals surface area contributed by atoms with Crippen LogP contribution in [0.4, 0.5) is 0 Å². The normalized spacial score (nSPS) is 35.4. The van der Waals surface area contributed by atoms with Crippen molar-refractivity contribution in [2.24, 2.45) is 5.92 Å². The van der Waals surface area contributed by atoms with Crippen molar-refractivity contribution in [1.29, 1.82) is 0 Å². The first-order valence-electron chi connectivity index (χ1n) is 7.38. The lowest BCUT2D eigenvalue weighted by Gasteiger charge is -2.44. The van der Waals surface area contributed by atoms with E-state index in [1.165, 1.54) is 27.2 Å². The first kappa shape index (κ1) is 14.5. The highest BCUT2D eigenvalue weighted by Crippen LogP contribution is 2.39. The highest BCUT2D eigenvalue weighted by Gasteiger charge is 2.46. The number of benzene rings is 1. The summed E-state index contributed by atoms with van der Waals surface area (Å²) in [5.41, 5.74) is 4.25. The topological polar surface area (TPSA) is 24.7 Å². The predicted octanol–water partition coefficient (Wildman–Crippen LogP) is 1.74. The molecule has 106 valence electrons. The molecule has 1 aliphatic heterocycles. The zero-order valence-corrected chi connectivity index (χ0v) is 13.2. The molecule has 2 rings (SSSR count). The van der Waals surface area contributed by atoms with Crippen LogP contribution in [0.5, 0.6) is 0 Å². The first-order valence-corrected chi connectivity index (χ1v) is 7.38. The highest BCUT2D eigenvalue weighted by atomic mass is 16.3. The van der Waals surface area contributed by atoms with Crippen LogP contribution in [0, 0.1) is 26.7 Å². The molecule has 1 saturated heterocycles. The van der Waals surface area contributed by atoms with Crippen LogP contribution in [0.15, 0.2) is 12.1 Å². The fraction of sp³-hybridized carbons (Fsp3) is 0.647. The van der Waals surface area contributed by atoms with Gasteiger partial charge in [0.2, 0.25) is 0 Å². The summed E-state index contributed by atoms with van der Waals surface area (Å²) >= 11 is 0. The van der Waals surface area contributed by atoms with Crippen molar-refractivity contribution in [3.8, 4) is 0 Å². The molecular weight excluding hydrogens is 234 g/mol. The Morgan fingerprint density at radius 1 is 1.16 bits per heavy atom. The molecule has 0 amide bonds. The first-order chi connectivity index (χ1) is 8.75. The van der Waals surface area contributed by atoms with Gasteiger partial charge in [-0.2, -0.15) is 0 Å². The molecule has 0 saturated carbocycles. The third kappa shape index (κ3) is 2.44. The highest BCUT2D eigenvalue weighted by molar-refractivity contribution is 5.42. The number of aliphatic hydroxyl groups is 1. The summed E-state index contributed by atoms with van der Waals surface area (Å²) in [7, 11) is 2.23. The summed E-state index contributed by atoms with van der Waals surface area (Å²) < 4.78 is 0. The summed E-state index contributed by atoms with van der Waals surface area (Å²) in [4.78, 5) is 1.53. The maximum atomic E-state index is 11.3. The van der Waals surface area contributed by atoms with Gasteiger partial charge < -0.3 is 10.0 Å². The third-order valence-corrected chi connectivity index (χ3v) is 5.01. The van der Waals surface area contributed by atoms with E-state index < -0.39 is 5.60 Å². The molecule has 0 bridgehead atoms. The Morgan fingerprint density at radius 2 is 1.68 bits per heavy atom. The molecule has 4 atom stereocenters. The maximum Gasteiger partial charge on any atom is 0.104 e. The van der Waals surface area contributed by atoms with Gasteiger partial charge in [-0.3, -0.25) is 0 Å². The fourth-order valence-electron chi connectivity index (χ4n) is 3.91. The summed E-state index contributed by atoms with van der Waals surface area (Å²) in [6.45, 7) is 11.9. The Labute approximate surface area is 117 Å². The Bertz CT molecular complexity index is 459. The standard InChI is InChI=1S/C17H27NO/c1-11-7-12(2)16(13(3)8-11)17(19)9-15(5)18(6)10-14(17)4/h7-8,14-15,19H,9-10H2,1-6H3/p+1/t14-,15-,17+/m0/s1. The molecule has 1 heterocycles. The molecule has 1 unspecified atom stereocenters. The van der Waals surface area contributed by atoms with Gasteiger partial charge in [-0.25, -0.2) is 0 Å². The Morgan fingerprint density at radius 3 is 2.21 bits per heavy atom. The van der Waals surface area contributed by atoms with E-state index in [0.717, 1.165) is 13.0 Å². The minimum absolute atomic E-state index is 0.295. The molecule has 0 spiro atoms. The average Bonchev–Trinajstić information content (AvgIpc) is 2.25. The lowest BCUT2D eigenvalue weighted by Crippen LogP contribution is -3.15. The molecule has 0 aliphatic carbocycles. The Hall–Kier alpha value is -0.860. The summed E-state index contributed by atoms with van der Waals surface area (Å²) in [6.07, 6.45) is 0.852. The van der Waals surface area contributed by atoms with Crippen LogP contribution < -0.4 is 4.90 Å². The zero-order chi connectivity index (χ0) is 14.4. The SMILES string of the molecule is Cc1cc(C)c([C@@]2(O)C[C@H](C)[NH+](C)C[C@@H]2C)c(C)c1. The summed E-state index contributed by atoms with van der Waals surface area (Å²) in [5.74, 6) is 0.295. The summed E-state index contributed by atoms with van der Waals surface area (Å²) in [5, 5.41) is 11.3. The zero-order valence-electron chi connectivity index (χ0n) is 13.2. The van der Waals surface area contributed by atoms with E-state index in [2.05, 4.69) is 53.8 Å². The van der Waals surface area contributed by atoms with Crippen LogP contribution >= 0.6 is 0 Å². The second-order valence-electron chi connectivity index (χ2n) is 6.75. The lowest BCUT2D eigenvalue weighted by molar-refractivity contribution is -0.916. The van der Waals surface area contributed by atoms with Crippen molar-refractivity contribution in [2.75, 3.05) is 13.6 Å². The lowest BCUT2D eigenvalue weighted by atomic mass is 9.71. The number of nitrogens with one attached hydrogen (secondary N) is 1. The molecule has 1 aliphatic rings. The molecule has 1 fully saturated rings. The number of hydrogen-bond donors (Lipinski definition) is 2. The van der Waals surface area contributed by atoms with Gasteiger partial charge in [-0.05, 0) is 44.4 Å². The molecule has 1 aromatic rings. The van der Waals surface area contributed by atoms with E-state index in [1.54, 1.807) is 0 Å². The van der Waals surface area contributed by atoms with Gasteiger partial charge in [-0.1, -0.05) is 24.6 Å². The Balaban J connectivity index is 2.50. The second kappa shape index (κ2) is 4.92. The number of quaternary nitrogens is 1. The molecule has 0 radical (unpaired) electrons. The van der Waals surface area contributed by atoms with E-state index in [1.807, 2.05) is 0 Å². The van der Waals surface area contributed by atoms with Crippen molar-refractivity contribution in [1.82, 2.24) is 0 Å². The largest absolute Gasteiger partial charge is 0.384 e. The number of hydrogen-bond acceptors (Lipinski definition) is 1. The summed E-state index contributed by atoms with van der Waals surface area (Å²) in [6, 6.07) is 4.90. The van der Waals surface area contributed by atoms with Crippen molar-refractivity contribution in [3.63, 3.8) is 0 Å². The quantitative estimate of drug-likeness (QED) is 0.792. The van der Waals surface area contributed by atoms with E-state index in [0.29, 0.717) is 12.0 Å². The van der Waals surface area contributed by atoms with Crippen molar-refractivity contribution in [3.05, 3.63) is 34.4 Å². The van der Waals surface area contributed by atoms with Gasteiger partial charge in [0.1, 0.15) is 5.60 Å². The fourth-order valence-corrected chi connectivity index (χ4v) is 3.91. The molecule has 2 heteroatoms. The maximum absolute atomic E-state index is 11.3. The van der Waals surface area contributed by atoms with Crippen LogP contribution in [0.1, 0.15) is 42.5 Å². The van der Waals surface area contributed by atoms with Crippen LogP contribution in [-0.2, 0) is 5.60 Å². The smallest absolute Gasteiger partial charge is 0.104 e. The van der Waals surface area contributed by atoms with E-state index in [4.69, 9.17) is 0 Å². The second-order valence-corrected chi connectivity index (χ2v) is 6.75. The third-order valence-electron chi connectivity index (χ3n) is 5.01. The average molecular weight is 262 g/mol. The van der Waals surface area contributed by atoms with Gasteiger partial charge in [0.05, 0.1) is 19.6 Å². The van der Waals surface area contributed by atoms with Crippen molar-refractivity contribution < 1.29 is 10.0 Å². The van der Waals surface area contributed by atoms with E-state index in [9.17, 15) is 5.11 Å². The minimum Gasteiger partial charge on any atom is -0.384 e.